The second-order valence-corrected chi connectivity index (χ2v) is 7.84. The van der Waals surface area contributed by atoms with E-state index in [1.165, 1.54) is 59.2 Å². The first kappa shape index (κ1) is 16.6. The molecule has 1 N–H and O–H groups in total. The SMILES string of the molecule is C=C1c2c(C)cc(-c3cccc(NSC)c3)cc2CN1C1CCCC1. The third-order valence-corrected chi connectivity index (χ3v) is 6.01. The fourth-order valence-corrected chi connectivity index (χ4v) is 4.80. The van der Waals surface area contributed by atoms with Crippen LogP contribution in [0.15, 0.2) is 43.0 Å². The Morgan fingerprint density at radius 1 is 1.12 bits per heavy atom. The number of fused-ring (bicyclic) bond motifs is 1. The van der Waals surface area contributed by atoms with Gasteiger partial charge >= 0.3 is 0 Å². The number of nitrogens with zero attached hydrogens (tertiary/aromatic N) is 1. The van der Waals surface area contributed by atoms with Crippen molar-refractivity contribution in [2.45, 2.75) is 45.2 Å². The average Bonchev–Trinajstić information content (AvgIpc) is 3.23. The highest BCUT2D eigenvalue weighted by Gasteiger charge is 2.31. The van der Waals surface area contributed by atoms with Gasteiger partial charge in [0.1, 0.15) is 0 Å². The Hall–Kier alpha value is -1.87. The van der Waals surface area contributed by atoms with Gasteiger partial charge in [0.15, 0.2) is 0 Å². The van der Waals surface area contributed by atoms with E-state index in [0.29, 0.717) is 6.04 Å². The fraction of sp³-hybridized carbons (Fsp3) is 0.364. The zero-order valence-corrected chi connectivity index (χ0v) is 16.0. The Morgan fingerprint density at radius 3 is 2.68 bits per heavy atom. The average molecular weight is 351 g/mol. The van der Waals surface area contributed by atoms with Crippen LogP contribution in [0, 0.1) is 6.92 Å². The predicted molar refractivity (Wildman–Crippen MR) is 111 cm³/mol. The Kier molecular flexibility index (Phi) is 4.51. The maximum Gasteiger partial charge on any atom is 0.0446 e. The summed E-state index contributed by atoms with van der Waals surface area (Å²) >= 11 is 1.63. The van der Waals surface area contributed by atoms with E-state index in [0.717, 1.165) is 12.2 Å². The topological polar surface area (TPSA) is 15.3 Å². The summed E-state index contributed by atoms with van der Waals surface area (Å²) in [6, 6.07) is 14.1. The van der Waals surface area contributed by atoms with Gasteiger partial charge in [-0.2, -0.15) is 0 Å². The highest BCUT2D eigenvalue weighted by molar-refractivity contribution is 7.99. The molecule has 0 saturated heterocycles. The molecular weight excluding hydrogens is 324 g/mol. The Bertz CT molecular complexity index is 806. The number of aryl methyl sites for hydroxylation is 1. The number of rotatable bonds is 4. The molecule has 1 aliphatic heterocycles. The van der Waals surface area contributed by atoms with Crippen LogP contribution in [0.2, 0.25) is 0 Å². The molecule has 0 radical (unpaired) electrons. The summed E-state index contributed by atoms with van der Waals surface area (Å²) in [5.41, 5.74) is 9.14. The predicted octanol–water partition coefficient (Wildman–Crippen LogP) is 6.08. The first-order valence-electron chi connectivity index (χ1n) is 9.16. The first-order chi connectivity index (χ1) is 12.2. The van der Waals surface area contributed by atoms with Gasteiger partial charge in [-0.05, 0) is 60.2 Å². The second-order valence-electron chi connectivity index (χ2n) is 7.23. The molecule has 0 aromatic heterocycles. The Balaban J connectivity index is 1.68. The second kappa shape index (κ2) is 6.80. The van der Waals surface area contributed by atoms with Crippen molar-refractivity contribution < 1.29 is 0 Å². The maximum absolute atomic E-state index is 4.44. The Labute approximate surface area is 155 Å². The summed E-state index contributed by atoms with van der Waals surface area (Å²) in [7, 11) is 0. The third-order valence-electron chi connectivity index (χ3n) is 5.57. The number of benzene rings is 2. The molecule has 4 rings (SSSR count). The van der Waals surface area contributed by atoms with Gasteiger partial charge in [0.05, 0.1) is 0 Å². The van der Waals surface area contributed by atoms with Gasteiger partial charge in [-0.1, -0.05) is 49.6 Å². The lowest BCUT2D eigenvalue weighted by Gasteiger charge is -2.27. The van der Waals surface area contributed by atoms with Crippen molar-refractivity contribution in [3.05, 3.63) is 59.7 Å². The number of hydrogen-bond acceptors (Lipinski definition) is 3. The fourth-order valence-electron chi connectivity index (χ4n) is 4.43. The van der Waals surface area contributed by atoms with E-state index in [1.54, 1.807) is 11.9 Å². The summed E-state index contributed by atoms with van der Waals surface area (Å²) in [6.07, 6.45) is 7.42. The summed E-state index contributed by atoms with van der Waals surface area (Å²) < 4.78 is 3.33. The van der Waals surface area contributed by atoms with E-state index < -0.39 is 0 Å². The molecule has 130 valence electrons. The van der Waals surface area contributed by atoms with Crippen molar-refractivity contribution in [3.8, 4) is 11.1 Å². The smallest absolute Gasteiger partial charge is 0.0446 e. The molecule has 2 nitrogen and oxygen atoms in total. The van der Waals surface area contributed by atoms with Gasteiger partial charge in [0, 0.05) is 35.8 Å². The van der Waals surface area contributed by atoms with Crippen molar-refractivity contribution in [1.82, 2.24) is 4.90 Å². The van der Waals surface area contributed by atoms with E-state index >= 15 is 0 Å². The van der Waals surface area contributed by atoms with Crippen LogP contribution in [0.25, 0.3) is 16.8 Å². The molecule has 0 unspecified atom stereocenters. The maximum atomic E-state index is 4.44. The Morgan fingerprint density at radius 2 is 1.92 bits per heavy atom. The van der Waals surface area contributed by atoms with Crippen molar-refractivity contribution >= 4 is 23.3 Å². The van der Waals surface area contributed by atoms with Crippen molar-refractivity contribution in [3.63, 3.8) is 0 Å². The minimum absolute atomic E-state index is 0.692. The highest BCUT2D eigenvalue weighted by Crippen LogP contribution is 2.41. The first-order valence-corrected chi connectivity index (χ1v) is 10.4. The molecule has 0 spiro atoms. The summed E-state index contributed by atoms with van der Waals surface area (Å²) in [5, 5.41) is 0. The molecular formula is C22H26N2S. The molecule has 2 aliphatic rings. The van der Waals surface area contributed by atoms with E-state index in [9.17, 15) is 0 Å². The molecule has 1 fully saturated rings. The van der Waals surface area contributed by atoms with Gasteiger partial charge in [0.25, 0.3) is 0 Å². The van der Waals surface area contributed by atoms with E-state index in [-0.39, 0.29) is 0 Å². The molecule has 0 amide bonds. The lowest BCUT2D eigenvalue weighted by atomic mass is 9.95. The normalized spacial score (nSPS) is 17.2. The van der Waals surface area contributed by atoms with Gasteiger partial charge in [-0.3, -0.25) is 0 Å². The van der Waals surface area contributed by atoms with Crippen LogP contribution in [0.5, 0.6) is 0 Å². The zero-order chi connectivity index (χ0) is 17.4. The van der Waals surface area contributed by atoms with Crippen LogP contribution < -0.4 is 4.72 Å². The monoisotopic (exact) mass is 350 g/mol. The molecule has 3 heteroatoms. The van der Waals surface area contributed by atoms with Crippen molar-refractivity contribution in [2.75, 3.05) is 11.0 Å². The highest BCUT2D eigenvalue weighted by atomic mass is 32.2. The van der Waals surface area contributed by atoms with Crippen LogP contribution in [-0.4, -0.2) is 17.2 Å². The number of anilines is 1. The molecule has 25 heavy (non-hydrogen) atoms. The van der Waals surface area contributed by atoms with Gasteiger partial charge in [-0.15, -0.1) is 0 Å². The number of hydrogen-bond donors (Lipinski definition) is 1. The van der Waals surface area contributed by atoms with Crippen LogP contribution in [0.1, 0.15) is 42.4 Å². The lowest BCUT2D eigenvalue weighted by Crippen LogP contribution is -2.26. The van der Waals surface area contributed by atoms with E-state index in [2.05, 4.69) is 65.8 Å². The standard InChI is InChI=1S/C22H26N2S/c1-15-11-18(17-7-6-8-20(13-17)23-25-3)12-19-14-24(16(2)22(15)19)21-9-4-5-10-21/h6-8,11-13,21,23H,2,4-5,9-10,14H2,1,3H3. The third kappa shape index (κ3) is 3.06. The van der Waals surface area contributed by atoms with Crippen LogP contribution >= 0.6 is 11.9 Å². The minimum atomic E-state index is 0.692. The molecule has 1 heterocycles. The molecule has 1 saturated carbocycles. The van der Waals surface area contributed by atoms with E-state index in [4.69, 9.17) is 0 Å². The molecule has 0 bridgehead atoms. The van der Waals surface area contributed by atoms with Gasteiger partial charge < -0.3 is 9.62 Å². The zero-order valence-electron chi connectivity index (χ0n) is 15.1. The minimum Gasteiger partial charge on any atom is -0.364 e. The molecule has 2 aromatic rings. The van der Waals surface area contributed by atoms with Crippen LogP contribution in [-0.2, 0) is 6.54 Å². The summed E-state index contributed by atoms with van der Waals surface area (Å²) in [4.78, 5) is 2.56. The van der Waals surface area contributed by atoms with Crippen molar-refractivity contribution in [1.29, 1.82) is 0 Å². The largest absolute Gasteiger partial charge is 0.364 e. The van der Waals surface area contributed by atoms with Crippen molar-refractivity contribution in [2.24, 2.45) is 0 Å². The van der Waals surface area contributed by atoms with Gasteiger partial charge in [0.2, 0.25) is 0 Å². The number of nitrogens with one attached hydrogen (secondary N) is 1. The van der Waals surface area contributed by atoms with Crippen LogP contribution in [0.3, 0.4) is 0 Å². The van der Waals surface area contributed by atoms with Crippen LogP contribution in [0.4, 0.5) is 5.69 Å². The van der Waals surface area contributed by atoms with Gasteiger partial charge in [-0.25, -0.2) is 0 Å². The summed E-state index contributed by atoms with van der Waals surface area (Å²) in [5.74, 6) is 0. The lowest BCUT2D eigenvalue weighted by molar-refractivity contribution is 0.304. The quantitative estimate of drug-likeness (QED) is 0.673. The molecule has 1 aliphatic carbocycles. The summed E-state index contributed by atoms with van der Waals surface area (Å²) in [6.45, 7) is 7.69. The molecule has 0 atom stereocenters. The van der Waals surface area contributed by atoms with E-state index in [1.807, 2.05) is 0 Å². The molecule has 2 aromatic carbocycles.